The van der Waals surface area contributed by atoms with E-state index in [-0.39, 0.29) is 40.9 Å². The van der Waals surface area contributed by atoms with Gasteiger partial charge in [0.1, 0.15) is 12.2 Å². The standard InChI is InChI=1S/C19H30N6O5S2/c1-4-13(27)21-8-19(2,3)32-31-10-29-12-7-14(30-11(12)5-6-26)25-9-22-15-16(25)23-18(20)24-17(15)28/h9,11-12,14,26H,4-8,10H2,1-3H3,(H,21,27)(H3,20,23,24,28)/t11?,12-,14-/m1/s1. The molecule has 3 heterocycles. The van der Waals surface area contributed by atoms with Crippen LogP contribution in [0, 0.1) is 0 Å². The van der Waals surface area contributed by atoms with Gasteiger partial charge < -0.3 is 25.6 Å². The van der Waals surface area contributed by atoms with Crippen LogP contribution in [0.1, 0.15) is 46.3 Å². The molecule has 0 saturated carbocycles. The second kappa shape index (κ2) is 10.9. The Morgan fingerprint density at radius 2 is 2.31 bits per heavy atom. The number of ether oxygens (including phenoxy) is 2. The molecule has 3 atom stereocenters. The molecule has 0 radical (unpaired) electrons. The number of aliphatic hydroxyl groups is 1. The number of aromatic nitrogens is 4. The van der Waals surface area contributed by atoms with Crippen molar-refractivity contribution >= 4 is 44.6 Å². The van der Waals surface area contributed by atoms with Gasteiger partial charge in [0.25, 0.3) is 5.56 Å². The number of imidazole rings is 1. The number of hydrogen-bond acceptors (Lipinski definition) is 10. The van der Waals surface area contributed by atoms with E-state index in [4.69, 9.17) is 15.2 Å². The normalized spacial score (nSPS) is 21.3. The second-order valence-electron chi connectivity index (χ2n) is 8.07. The molecule has 2 aromatic heterocycles. The van der Waals surface area contributed by atoms with Crippen molar-refractivity contribution in [2.24, 2.45) is 0 Å². The van der Waals surface area contributed by atoms with Crippen LogP contribution in [0.4, 0.5) is 5.95 Å². The Hall–Kier alpha value is -1.80. The molecule has 1 unspecified atom stereocenters. The predicted molar refractivity (Wildman–Crippen MR) is 125 cm³/mol. The third-order valence-corrected chi connectivity index (χ3v) is 7.94. The molecule has 0 aromatic carbocycles. The van der Waals surface area contributed by atoms with Crippen LogP contribution in [0.3, 0.4) is 0 Å². The average Bonchev–Trinajstić information content (AvgIpc) is 3.34. The molecule has 0 bridgehead atoms. The van der Waals surface area contributed by atoms with Gasteiger partial charge in [-0.25, -0.2) is 4.98 Å². The van der Waals surface area contributed by atoms with Gasteiger partial charge in [-0.2, -0.15) is 4.98 Å². The number of aromatic amines is 1. The van der Waals surface area contributed by atoms with E-state index in [1.165, 1.54) is 6.33 Å². The third-order valence-electron chi connectivity index (χ3n) is 5.00. The van der Waals surface area contributed by atoms with Crippen molar-refractivity contribution in [1.29, 1.82) is 0 Å². The van der Waals surface area contributed by atoms with E-state index in [9.17, 15) is 14.7 Å². The lowest BCUT2D eigenvalue weighted by Crippen LogP contribution is -2.35. The van der Waals surface area contributed by atoms with Crippen LogP contribution in [0.15, 0.2) is 11.1 Å². The first kappa shape index (κ1) is 24.8. The van der Waals surface area contributed by atoms with Crippen LogP contribution < -0.4 is 16.6 Å². The molecule has 32 heavy (non-hydrogen) atoms. The van der Waals surface area contributed by atoms with Gasteiger partial charge in [-0.05, 0) is 20.3 Å². The highest BCUT2D eigenvalue weighted by Crippen LogP contribution is 2.38. The Morgan fingerprint density at radius 3 is 3.03 bits per heavy atom. The van der Waals surface area contributed by atoms with E-state index < -0.39 is 11.8 Å². The number of hydrogen-bond donors (Lipinski definition) is 4. The molecule has 3 rings (SSSR count). The van der Waals surface area contributed by atoms with Gasteiger partial charge in [0.2, 0.25) is 11.9 Å². The van der Waals surface area contributed by atoms with E-state index in [0.717, 1.165) is 0 Å². The minimum absolute atomic E-state index is 0.00752. The summed E-state index contributed by atoms with van der Waals surface area (Å²) in [6.07, 6.45) is 1.95. The summed E-state index contributed by atoms with van der Waals surface area (Å²) in [5, 5.41) is 12.3. The van der Waals surface area contributed by atoms with Gasteiger partial charge in [-0.15, -0.1) is 0 Å². The van der Waals surface area contributed by atoms with Crippen molar-refractivity contribution < 1.29 is 19.4 Å². The van der Waals surface area contributed by atoms with Crippen LogP contribution in [0.5, 0.6) is 0 Å². The van der Waals surface area contributed by atoms with E-state index in [2.05, 4.69) is 34.1 Å². The van der Waals surface area contributed by atoms with Gasteiger partial charge in [0.05, 0.1) is 18.5 Å². The molecule has 0 spiro atoms. The predicted octanol–water partition coefficient (Wildman–Crippen LogP) is 1.40. The molecule has 0 aliphatic carbocycles. The SMILES string of the molecule is CCC(=O)NCC(C)(C)SSCO[C@@H]1C[C@H](n2cnc3c(=O)[nH]c(N)nc32)OC1CCO. The minimum atomic E-state index is -0.436. The summed E-state index contributed by atoms with van der Waals surface area (Å²) in [7, 11) is 3.21. The third kappa shape index (κ3) is 6.16. The number of amides is 1. The lowest BCUT2D eigenvalue weighted by Gasteiger charge is -2.24. The number of carbonyl (C=O) groups excluding carboxylic acids is 1. The average molecular weight is 487 g/mol. The second-order valence-corrected chi connectivity index (χ2v) is 11.0. The molecule has 11 nitrogen and oxygen atoms in total. The molecule has 1 amide bonds. The number of aliphatic hydroxyl groups excluding tert-OH is 1. The van der Waals surface area contributed by atoms with Gasteiger partial charge in [-0.3, -0.25) is 19.1 Å². The van der Waals surface area contributed by atoms with Crippen LogP contribution >= 0.6 is 21.6 Å². The Labute approximate surface area is 193 Å². The number of nitrogens with two attached hydrogens (primary N) is 1. The lowest BCUT2D eigenvalue weighted by molar-refractivity contribution is -0.120. The fourth-order valence-corrected chi connectivity index (χ4v) is 5.52. The highest BCUT2D eigenvalue weighted by Gasteiger charge is 2.37. The summed E-state index contributed by atoms with van der Waals surface area (Å²) in [6, 6.07) is 0. The zero-order valence-electron chi connectivity index (χ0n) is 18.4. The molecular weight excluding hydrogens is 456 g/mol. The number of nitrogens with one attached hydrogen (secondary N) is 2. The molecule has 5 N–H and O–H groups in total. The van der Waals surface area contributed by atoms with Crippen molar-refractivity contribution in [1.82, 2.24) is 24.8 Å². The van der Waals surface area contributed by atoms with Gasteiger partial charge >= 0.3 is 0 Å². The molecule has 1 aliphatic rings. The fraction of sp³-hybridized carbons (Fsp3) is 0.684. The summed E-state index contributed by atoms with van der Waals surface area (Å²) in [5.41, 5.74) is 5.81. The number of nitrogen functional groups attached to an aromatic ring is 1. The molecule has 178 valence electrons. The summed E-state index contributed by atoms with van der Waals surface area (Å²) < 4.78 is 13.7. The number of anilines is 1. The number of fused-ring (bicyclic) bond motifs is 1. The van der Waals surface area contributed by atoms with Crippen LogP contribution in [-0.2, 0) is 14.3 Å². The maximum absolute atomic E-state index is 12.0. The van der Waals surface area contributed by atoms with Crippen LogP contribution in [-0.4, -0.2) is 66.6 Å². The van der Waals surface area contributed by atoms with Crippen molar-refractivity contribution in [3.05, 3.63) is 16.7 Å². The number of rotatable bonds is 11. The first-order valence-electron chi connectivity index (χ1n) is 10.4. The molecule has 1 saturated heterocycles. The highest BCUT2D eigenvalue weighted by molar-refractivity contribution is 8.77. The Morgan fingerprint density at radius 1 is 1.53 bits per heavy atom. The number of carbonyl (C=O) groups is 1. The van der Waals surface area contributed by atoms with Gasteiger partial charge in [-0.1, -0.05) is 28.5 Å². The Balaban J connectivity index is 1.58. The summed E-state index contributed by atoms with van der Waals surface area (Å²) in [6.45, 7) is 6.50. The summed E-state index contributed by atoms with van der Waals surface area (Å²) in [5.74, 6) is 0.466. The molecule has 1 aliphatic heterocycles. The maximum Gasteiger partial charge on any atom is 0.280 e. The summed E-state index contributed by atoms with van der Waals surface area (Å²) >= 11 is 0. The van der Waals surface area contributed by atoms with Gasteiger partial charge in [0, 0.05) is 30.7 Å². The van der Waals surface area contributed by atoms with Crippen molar-refractivity contribution in [3.63, 3.8) is 0 Å². The molecule has 1 fully saturated rings. The van der Waals surface area contributed by atoms with E-state index in [1.807, 2.05) is 6.92 Å². The first-order valence-corrected chi connectivity index (χ1v) is 12.7. The fourth-order valence-electron chi connectivity index (χ4n) is 3.35. The molecular formula is C19H30N6O5S2. The van der Waals surface area contributed by atoms with Crippen LogP contribution in [0.2, 0.25) is 0 Å². The summed E-state index contributed by atoms with van der Waals surface area (Å²) in [4.78, 5) is 34.3. The number of H-pyrrole nitrogens is 1. The van der Waals surface area contributed by atoms with Gasteiger partial charge in [0.15, 0.2) is 11.2 Å². The Kier molecular flexibility index (Phi) is 8.44. The monoisotopic (exact) mass is 486 g/mol. The largest absolute Gasteiger partial charge is 0.396 e. The van der Waals surface area contributed by atoms with Crippen molar-refractivity contribution in [3.8, 4) is 0 Å². The minimum Gasteiger partial charge on any atom is -0.396 e. The Bertz CT molecular complexity index is 981. The highest BCUT2D eigenvalue weighted by atomic mass is 33.1. The molecule has 2 aromatic rings. The van der Waals surface area contributed by atoms with Crippen molar-refractivity contribution in [2.45, 2.75) is 63.2 Å². The van der Waals surface area contributed by atoms with Crippen LogP contribution in [0.25, 0.3) is 11.2 Å². The number of nitrogens with zero attached hydrogens (tertiary/aromatic N) is 3. The zero-order valence-corrected chi connectivity index (χ0v) is 20.0. The topological polar surface area (TPSA) is 157 Å². The lowest BCUT2D eigenvalue weighted by atomic mass is 10.1. The maximum atomic E-state index is 12.0. The molecule has 13 heteroatoms. The zero-order chi connectivity index (χ0) is 23.3. The van der Waals surface area contributed by atoms with Crippen molar-refractivity contribution in [2.75, 3.05) is 24.8 Å². The van der Waals surface area contributed by atoms with E-state index in [0.29, 0.717) is 37.4 Å². The quantitative estimate of drug-likeness (QED) is 0.208. The smallest absolute Gasteiger partial charge is 0.280 e. The first-order chi connectivity index (χ1) is 15.2. The van der Waals surface area contributed by atoms with E-state index >= 15 is 0 Å². The van der Waals surface area contributed by atoms with E-state index in [1.54, 1.807) is 26.2 Å².